The van der Waals surface area contributed by atoms with Gasteiger partial charge in [-0.1, -0.05) is 11.8 Å². The van der Waals surface area contributed by atoms with Gasteiger partial charge in [0, 0.05) is 12.1 Å². The molecule has 0 aromatic carbocycles. The highest BCUT2D eigenvalue weighted by Gasteiger charge is 2.28. The SMILES string of the molecule is Cc1nnc(SCC(=O)N2[C@H](C)CCC[C@H]2C)n(N)c1=O. The Morgan fingerprint density at radius 2 is 1.95 bits per heavy atom. The number of piperidine rings is 1. The van der Waals surface area contributed by atoms with Gasteiger partial charge in [-0.15, -0.1) is 10.2 Å². The molecule has 0 saturated carbocycles. The maximum Gasteiger partial charge on any atom is 0.294 e. The molecule has 2 rings (SSSR count). The van der Waals surface area contributed by atoms with Crippen LogP contribution >= 0.6 is 11.8 Å². The maximum absolute atomic E-state index is 12.4. The number of aromatic nitrogens is 3. The van der Waals surface area contributed by atoms with Crippen molar-refractivity contribution in [3.63, 3.8) is 0 Å². The number of aryl methyl sites for hydroxylation is 1. The Labute approximate surface area is 127 Å². The van der Waals surface area contributed by atoms with Gasteiger partial charge in [-0.05, 0) is 40.0 Å². The summed E-state index contributed by atoms with van der Waals surface area (Å²) in [5.74, 6) is 5.92. The molecule has 116 valence electrons. The van der Waals surface area contributed by atoms with E-state index in [4.69, 9.17) is 5.84 Å². The molecule has 1 aliphatic heterocycles. The molecule has 1 amide bonds. The zero-order chi connectivity index (χ0) is 15.6. The van der Waals surface area contributed by atoms with E-state index >= 15 is 0 Å². The van der Waals surface area contributed by atoms with Gasteiger partial charge in [0.15, 0.2) is 0 Å². The third kappa shape index (κ3) is 3.37. The Kier molecular flexibility index (Phi) is 4.87. The fraction of sp³-hybridized carbons (Fsp3) is 0.692. The van der Waals surface area contributed by atoms with Crippen molar-refractivity contribution in [2.45, 2.75) is 57.3 Å². The molecule has 0 aliphatic carbocycles. The normalized spacial score (nSPS) is 22.3. The Morgan fingerprint density at radius 1 is 1.33 bits per heavy atom. The van der Waals surface area contributed by atoms with Gasteiger partial charge in [0.1, 0.15) is 5.69 Å². The molecule has 7 nitrogen and oxygen atoms in total. The molecule has 0 unspecified atom stereocenters. The summed E-state index contributed by atoms with van der Waals surface area (Å²) in [5.41, 5.74) is -0.147. The molecule has 1 aliphatic rings. The van der Waals surface area contributed by atoms with E-state index < -0.39 is 0 Å². The van der Waals surface area contributed by atoms with E-state index in [1.807, 2.05) is 4.90 Å². The fourth-order valence-corrected chi connectivity index (χ4v) is 3.40. The summed E-state index contributed by atoms with van der Waals surface area (Å²) < 4.78 is 0.948. The number of carbonyl (C=O) groups is 1. The summed E-state index contributed by atoms with van der Waals surface area (Å²) in [7, 11) is 0. The summed E-state index contributed by atoms with van der Waals surface area (Å²) in [6.07, 6.45) is 3.23. The Hall–Kier alpha value is -1.57. The molecule has 1 saturated heterocycles. The smallest absolute Gasteiger partial charge is 0.294 e. The van der Waals surface area contributed by atoms with E-state index in [-0.39, 0.29) is 40.2 Å². The number of hydrogen-bond donors (Lipinski definition) is 1. The number of likely N-dealkylation sites (tertiary alicyclic amines) is 1. The molecule has 2 heterocycles. The van der Waals surface area contributed by atoms with Gasteiger partial charge in [0.25, 0.3) is 5.56 Å². The Balaban J connectivity index is 2.04. The van der Waals surface area contributed by atoms with E-state index in [1.165, 1.54) is 0 Å². The maximum atomic E-state index is 12.4. The van der Waals surface area contributed by atoms with E-state index in [0.717, 1.165) is 35.7 Å². The quantitative estimate of drug-likeness (QED) is 0.647. The topological polar surface area (TPSA) is 94.1 Å². The molecule has 1 aromatic rings. The van der Waals surface area contributed by atoms with Crippen molar-refractivity contribution < 1.29 is 4.79 Å². The van der Waals surface area contributed by atoms with Crippen molar-refractivity contribution in [1.29, 1.82) is 0 Å². The number of rotatable bonds is 3. The predicted molar refractivity (Wildman–Crippen MR) is 81.5 cm³/mol. The number of thioether (sulfide) groups is 1. The number of nitrogens with zero attached hydrogens (tertiary/aromatic N) is 4. The van der Waals surface area contributed by atoms with Crippen molar-refractivity contribution in [3.8, 4) is 0 Å². The molecular formula is C13H21N5O2S. The highest BCUT2D eigenvalue weighted by Crippen LogP contribution is 2.24. The minimum Gasteiger partial charge on any atom is -0.337 e. The zero-order valence-corrected chi connectivity index (χ0v) is 13.4. The van der Waals surface area contributed by atoms with Gasteiger partial charge in [-0.25, -0.2) is 0 Å². The molecule has 0 bridgehead atoms. The second-order valence-electron chi connectivity index (χ2n) is 5.46. The molecule has 2 atom stereocenters. The largest absolute Gasteiger partial charge is 0.337 e. The molecule has 0 spiro atoms. The van der Waals surface area contributed by atoms with Crippen LogP contribution in [0.25, 0.3) is 0 Å². The number of nitrogens with two attached hydrogens (primary N) is 1. The van der Waals surface area contributed by atoms with Gasteiger partial charge in [0.05, 0.1) is 5.75 Å². The summed E-state index contributed by atoms with van der Waals surface area (Å²) >= 11 is 1.15. The van der Waals surface area contributed by atoms with Gasteiger partial charge in [-0.2, -0.15) is 4.68 Å². The van der Waals surface area contributed by atoms with Crippen molar-refractivity contribution >= 4 is 17.7 Å². The average Bonchev–Trinajstić information content (AvgIpc) is 2.44. The minimum absolute atomic E-state index is 0.0505. The predicted octanol–water partition coefficient (Wildman–Crippen LogP) is 0.542. The molecule has 1 aromatic heterocycles. The van der Waals surface area contributed by atoms with Crippen LogP contribution in [0.5, 0.6) is 0 Å². The van der Waals surface area contributed by atoms with Gasteiger partial charge < -0.3 is 10.7 Å². The van der Waals surface area contributed by atoms with Crippen LogP contribution in [0.3, 0.4) is 0 Å². The number of carbonyl (C=O) groups excluding carboxylic acids is 1. The van der Waals surface area contributed by atoms with E-state index in [1.54, 1.807) is 6.92 Å². The Morgan fingerprint density at radius 3 is 2.57 bits per heavy atom. The lowest BCUT2D eigenvalue weighted by Gasteiger charge is -2.39. The summed E-state index contributed by atoms with van der Waals surface area (Å²) in [5, 5.41) is 7.89. The van der Waals surface area contributed by atoms with Crippen molar-refractivity contribution in [3.05, 3.63) is 16.0 Å². The van der Waals surface area contributed by atoms with E-state index in [2.05, 4.69) is 24.0 Å². The van der Waals surface area contributed by atoms with Crippen LogP contribution in [0.4, 0.5) is 0 Å². The molecule has 2 N–H and O–H groups in total. The lowest BCUT2D eigenvalue weighted by Crippen LogP contribution is -2.48. The van der Waals surface area contributed by atoms with Gasteiger partial charge in [-0.3, -0.25) is 9.59 Å². The first kappa shape index (κ1) is 15.8. The molecule has 1 fully saturated rings. The average molecular weight is 311 g/mol. The summed E-state index contributed by atoms with van der Waals surface area (Å²) in [6.45, 7) is 5.70. The van der Waals surface area contributed by atoms with Crippen LogP contribution < -0.4 is 11.4 Å². The summed E-state index contributed by atoms with van der Waals surface area (Å²) in [6, 6.07) is 0.511. The van der Waals surface area contributed by atoms with Crippen LogP contribution in [-0.2, 0) is 4.79 Å². The lowest BCUT2D eigenvalue weighted by molar-refractivity contribution is -0.134. The summed E-state index contributed by atoms with van der Waals surface area (Å²) in [4.78, 5) is 26.0. The van der Waals surface area contributed by atoms with Crippen molar-refractivity contribution in [2.24, 2.45) is 0 Å². The first-order valence-corrected chi connectivity index (χ1v) is 8.05. The van der Waals surface area contributed by atoms with Crippen molar-refractivity contribution in [1.82, 2.24) is 19.8 Å². The third-order valence-corrected chi connectivity index (χ3v) is 4.75. The van der Waals surface area contributed by atoms with Crippen LogP contribution in [0.1, 0.15) is 38.8 Å². The molecule has 0 radical (unpaired) electrons. The van der Waals surface area contributed by atoms with Crippen LogP contribution in [-0.4, -0.2) is 43.5 Å². The van der Waals surface area contributed by atoms with Gasteiger partial charge in [0.2, 0.25) is 11.1 Å². The molecule has 8 heteroatoms. The van der Waals surface area contributed by atoms with Crippen LogP contribution in [0.15, 0.2) is 9.95 Å². The number of nitrogen functional groups attached to an aromatic ring is 1. The monoisotopic (exact) mass is 311 g/mol. The second kappa shape index (κ2) is 6.46. The van der Waals surface area contributed by atoms with Gasteiger partial charge >= 0.3 is 0 Å². The number of amides is 1. The van der Waals surface area contributed by atoms with Crippen molar-refractivity contribution in [2.75, 3.05) is 11.6 Å². The number of hydrogen-bond acceptors (Lipinski definition) is 6. The second-order valence-corrected chi connectivity index (χ2v) is 6.40. The van der Waals surface area contributed by atoms with Crippen LogP contribution in [0.2, 0.25) is 0 Å². The van der Waals surface area contributed by atoms with Crippen LogP contribution in [0, 0.1) is 6.92 Å². The fourth-order valence-electron chi connectivity index (χ4n) is 2.68. The van der Waals surface area contributed by atoms with E-state index in [0.29, 0.717) is 0 Å². The lowest BCUT2D eigenvalue weighted by atomic mass is 9.98. The van der Waals surface area contributed by atoms with E-state index in [9.17, 15) is 9.59 Å². The zero-order valence-electron chi connectivity index (χ0n) is 12.6. The Bertz CT molecular complexity index is 578. The standard InChI is InChI=1S/C13H21N5O2S/c1-8-5-4-6-9(2)17(8)11(19)7-21-13-16-15-10(3)12(20)18(13)14/h8-9H,4-7,14H2,1-3H3/t8-,9-/m1/s1. The first-order chi connectivity index (χ1) is 9.91. The first-order valence-electron chi connectivity index (χ1n) is 7.07. The molecular weight excluding hydrogens is 290 g/mol. The minimum atomic E-state index is -0.389. The highest BCUT2D eigenvalue weighted by atomic mass is 32.2. The highest BCUT2D eigenvalue weighted by molar-refractivity contribution is 7.99. The molecule has 21 heavy (non-hydrogen) atoms. The third-order valence-electron chi connectivity index (χ3n) is 3.83.